The Morgan fingerprint density at radius 2 is 1.60 bits per heavy atom. The van der Waals surface area contributed by atoms with Crippen molar-refractivity contribution in [2.75, 3.05) is 34.2 Å². The van der Waals surface area contributed by atoms with Gasteiger partial charge in [-0.05, 0) is 54.0 Å². The minimum Gasteiger partial charge on any atom is -0.309 e. The van der Waals surface area contributed by atoms with Gasteiger partial charge in [-0.2, -0.15) is 0 Å². The molecule has 1 atom stereocenters. The molecular formula is C13H30N2. The first-order chi connectivity index (χ1) is 7.07. The smallest absolute Gasteiger partial charge is 0.00638 e. The number of unbranched alkanes of at least 4 members (excludes halogenated alkanes) is 2. The van der Waals surface area contributed by atoms with Gasteiger partial charge in [-0.1, -0.05) is 26.2 Å². The van der Waals surface area contributed by atoms with E-state index >= 15 is 0 Å². The van der Waals surface area contributed by atoms with Crippen molar-refractivity contribution < 1.29 is 0 Å². The third kappa shape index (κ3) is 8.88. The number of hydrogen-bond acceptors (Lipinski definition) is 2. The minimum atomic E-state index is 0.749. The summed E-state index contributed by atoms with van der Waals surface area (Å²) in [6.45, 7) is 7.05. The lowest BCUT2D eigenvalue weighted by atomic mass is 10.1. The topological polar surface area (TPSA) is 6.48 Å². The summed E-state index contributed by atoms with van der Waals surface area (Å²) in [5, 5.41) is 0. The molecule has 0 amide bonds. The minimum absolute atomic E-state index is 0.749. The fraction of sp³-hybridized carbons (Fsp3) is 1.00. The molecule has 0 saturated carbocycles. The van der Waals surface area contributed by atoms with Gasteiger partial charge in [0, 0.05) is 6.04 Å². The Kier molecular flexibility index (Phi) is 9.12. The second-order valence-electron chi connectivity index (χ2n) is 4.98. The van der Waals surface area contributed by atoms with Gasteiger partial charge in [-0.15, -0.1) is 0 Å². The van der Waals surface area contributed by atoms with Crippen LogP contribution in [0.4, 0.5) is 0 Å². The molecule has 0 saturated heterocycles. The molecule has 0 aromatic carbocycles. The van der Waals surface area contributed by atoms with Crippen molar-refractivity contribution in [2.45, 2.75) is 52.0 Å². The number of nitrogens with zero attached hydrogens (tertiary/aromatic N) is 2. The quantitative estimate of drug-likeness (QED) is 0.545. The SMILES string of the molecule is CCCCCC(C)N(C)CCCN(C)C. The monoisotopic (exact) mass is 214 g/mol. The molecule has 0 aromatic heterocycles. The van der Waals surface area contributed by atoms with Gasteiger partial charge >= 0.3 is 0 Å². The molecule has 0 spiro atoms. The molecule has 15 heavy (non-hydrogen) atoms. The Morgan fingerprint density at radius 3 is 2.13 bits per heavy atom. The van der Waals surface area contributed by atoms with E-state index in [0.717, 1.165) is 6.04 Å². The molecule has 0 aliphatic carbocycles. The summed E-state index contributed by atoms with van der Waals surface area (Å²) in [7, 11) is 6.54. The van der Waals surface area contributed by atoms with Crippen LogP contribution in [0.1, 0.15) is 46.0 Å². The van der Waals surface area contributed by atoms with Crippen molar-refractivity contribution in [3.63, 3.8) is 0 Å². The molecule has 92 valence electrons. The molecule has 0 fully saturated rings. The van der Waals surface area contributed by atoms with Gasteiger partial charge in [0.15, 0.2) is 0 Å². The van der Waals surface area contributed by atoms with E-state index in [2.05, 4.69) is 44.8 Å². The first-order valence-corrected chi connectivity index (χ1v) is 6.43. The summed E-state index contributed by atoms with van der Waals surface area (Å²) in [5.41, 5.74) is 0. The van der Waals surface area contributed by atoms with E-state index in [-0.39, 0.29) is 0 Å². The molecule has 1 unspecified atom stereocenters. The first-order valence-electron chi connectivity index (χ1n) is 6.43. The Morgan fingerprint density at radius 1 is 0.933 bits per heavy atom. The second-order valence-corrected chi connectivity index (χ2v) is 4.98. The molecule has 0 N–H and O–H groups in total. The van der Waals surface area contributed by atoms with Crippen molar-refractivity contribution in [3.05, 3.63) is 0 Å². The maximum Gasteiger partial charge on any atom is 0.00638 e. The van der Waals surface area contributed by atoms with Crippen LogP contribution in [0, 0.1) is 0 Å². The van der Waals surface area contributed by atoms with Crippen LogP contribution in [-0.2, 0) is 0 Å². The third-order valence-electron chi connectivity index (χ3n) is 3.09. The average Bonchev–Trinajstić information content (AvgIpc) is 2.17. The van der Waals surface area contributed by atoms with Crippen molar-refractivity contribution in [1.82, 2.24) is 9.80 Å². The van der Waals surface area contributed by atoms with Crippen LogP contribution < -0.4 is 0 Å². The summed E-state index contributed by atoms with van der Waals surface area (Å²) in [6, 6.07) is 0.749. The van der Waals surface area contributed by atoms with E-state index in [4.69, 9.17) is 0 Å². The predicted molar refractivity (Wildman–Crippen MR) is 69.4 cm³/mol. The molecule has 2 nitrogen and oxygen atoms in total. The van der Waals surface area contributed by atoms with Gasteiger partial charge in [0.05, 0.1) is 0 Å². The van der Waals surface area contributed by atoms with Crippen LogP contribution in [0.5, 0.6) is 0 Å². The van der Waals surface area contributed by atoms with Gasteiger partial charge in [0.25, 0.3) is 0 Å². The molecular weight excluding hydrogens is 184 g/mol. The third-order valence-corrected chi connectivity index (χ3v) is 3.09. The van der Waals surface area contributed by atoms with Gasteiger partial charge in [0.1, 0.15) is 0 Å². The van der Waals surface area contributed by atoms with Crippen LogP contribution in [0.25, 0.3) is 0 Å². The summed E-state index contributed by atoms with van der Waals surface area (Å²) in [6.07, 6.45) is 6.73. The van der Waals surface area contributed by atoms with Gasteiger partial charge in [-0.3, -0.25) is 0 Å². The maximum atomic E-state index is 2.50. The number of hydrogen-bond donors (Lipinski definition) is 0. The lowest BCUT2D eigenvalue weighted by Gasteiger charge is -2.25. The molecule has 0 aliphatic heterocycles. The van der Waals surface area contributed by atoms with E-state index in [1.807, 2.05) is 0 Å². The van der Waals surface area contributed by atoms with Gasteiger partial charge < -0.3 is 9.80 Å². The van der Waals surface area contributed by atoms with E-state index in [1.54, 1.807) is 0 Å². The fourth-order valence-electron chi connectivity index (χ4n) is 1.77. The molecule has 0 aromatic rings. The zero-order chi connectivity index (χ0) is 11.7. The lowest BCUT2D eigenvalue weighted by molar-refractivity contribution is 0.228. The fourth-order valence-corrected chi connectivity index (χ4v) is 1.77. The molecule has 0 bridgehead atoms. The number of rotatable bonds is 9. The zero-order valence-corrected chi connectivity index (χ0v) is 11.4. The van der Waals surface area contributed by atoms with E-state index < -0.39 is 0 Å². The average molecular weight is 214 g/mol. The molecule has 0 aliphatic rings. The van der Waals surface area contributed by atoms with Gasteiger partial charge in [0.2, 0.25) is 0 Å². The Bertz CT molecular complexity index is 134. The largest absolute Gasteiger partial charge is 0.309 e. The summed E-state index contributed by atoms with van der Waals surface area (Å²) in [5.74, 6) is 0. The van der Waals surface area contributed by atoms with Crippen molar-refractivity contribution >= 4 is 0 Å². The highest BCUT2D eigenvalue weighted by Crippen LogP contribution is 2.08. The van der Waals surface area contributed by atoms with Gasteiger partial charge in [-0.25, -0.2) is 0 Å². The Balaban J connectivity index is 3.46. The summed E-state index contributed by atoms with van der Waals surface area (Å²) in [4.78, 5) is 4.76. The van der Waals surface area contributed by atoms with Crippen molar-refractivity contribution in [2.24, 2.45) is 0 Å². The van der Waals surface area contributed by atoms with Crippen LogP contribution >= 0.6 is 0 Å². The maximum absolute atomic E-state index is 2.50. The highest BCUT2D eigenvalue weighted by atomic mass is 15.1. The second kappa shape index (κ2) is 9.17. The van der Waals surface area contributed by atoms with E-state index in [9.17, 15) is 0 Å². The normalized spacial score (nSPS) is 13.8. The van der Waals surface area contributed by atoms with Crippen LogP contribution in [0.3, 0.4) is 0 Å². The summed E-state index contributed by atoms with van der Waals surface area (Å²) < 4.78 is 0. The molecule has 0 radical (unpaired) electrons. The standard InChI is InChI=1S/C13H30N2/c1-6-7-8-10-13(2)15(5)12-9-11-14(3)4/h13H,6-12H2,1-5H3. The van der Waals surface area contributed by atoms with E-state index in [1.165, 1.54) is 45.2 Å². The van der Waals surface area contributed by atoms with Crippen LogP contribution in [0.15, 0.2) is 0 Å². The van der Waals surface area contributed by atoms with E-state index in [0.29, 0.717) is 0 Å². The first kappa shape index (κ1) is 14.9. The van der Waals surface area contributed by atoms with Crippen LogP contribution in [-0.4, -0.2) is 50.1 Å². The molecule has 0 rings (SSSR count). The summed E-state index contributed by atoms with van der Waals surface area (Å²) >= 11 is 0. The van der Waals surface area contributed by atoms with Crippen molar-refractivity contribution in [3.8, 4) is 0 Å². The van der Waals surface area contributed by atoms with Crippen molar-refractivity contribution in [1.29, 1.82) is 0 Å². The Hall–Kier alpha value is -0.0800. The zero-order valence-electron chi connectivity index (χ0n) is 11.4. The molecule has 0 heterocycles. The lowest BCUT2D eigenvalue weighted by Crippen LogP contribution is -2.31. The highest BCUT2D eigenvalue weighted by Gasteiger charge is 2.07. The Labute approximate surface area is 96.6 Å². The predicted octanol–water partition coefficient (Wildman–Crippen LogP) is 2.84. The highest BCUT2D eigenvalue weighted by molar-refractivity contribution is 4.63. The van der Waals surface area contributed by atoms with Crippen LogP contribution in [0.2, 0.25) is 0 Å². The molecule has 2 heteroatoms.